The van der Waals surface area contributed by atoms with Crippen LogP contribution in [0.25, 0.3) is 0 Å². The first-order valence-corrected chi connectivity index (χ1v) is 6.14. The van der Waals surface area contributed by atoms with Crippen LogP contribution in [0.5, 0.6) is 0 Å². The van der Waals surface area contributed by atoms with E-state index in [0.29, 0.717) is 12.8 Å². The van der Waals surface area contributed by atoms with Gasteiger partial charge in [0.05, 0.1) is 32.1 Å². The molecule has 0 aromatic rings. The fraction of sp³-hybridized carbons (Fsp3) is 0.692. The fourth-order valence-electron chi connectivity index (χ4n) is 2.05. The van der Waals surface area contributed by atoms with Gasteiger partial charge in [0.1, 0.15) is 0 Å². The molecule has 0 unspecified atom stereocenters. The highest BCUT2D eigenvalue weighted by atomic mass is 15.5. The zero-order valence-electron chi connectivity index (χ0n) is 10.7. The third kappa shape index (κ3) is 5.17. The lowest BCUT2D eigenvalue weighted by Gasteiger charge is -2.41. The van der Waals surface area contributed by atoms with Crippen LogP contribution in [-0.4, -0.2) is 54.3 Å². The van der Waals surface area contributed by atoms with Crippen LogP contribution in [0.1, 0.15) is 19.3 Å². The molecule has 1 aliphatic heterocycles. The Kier molecular flexibility index (Phi) is 6.84. The quantitative estimate of drug-likeness (QED) is 0.642. The van der Waals surface area contributed by atoms with Crippen LogP contribution in [0.15, 0.2) is 0 Å². The predicted molar refractivity (Wildman–Crippen MR) is 68.6 cm³/mol. The molecule has 1 aliphatic rings. The van der Waals surface area contributed by atoms with Crippen molar-refractivity contribution in [2.45, 2.75) is 19.3 Å². The van der Waals surface area contributed by atoms with Gasteiger partial charge < -0.3 is 0 Å². The molecule has 0 aromatic carbocycles. The maximum atomic E-state index is 8.64. The van der Waals surface area contributed by atoms with Gasteiger partial charge in [0.25, 0.3) is 0 Å². The van der Waals surface area contributed by atoms with E-state index in [4.69, 9.17) is 16.9 Å². The van der Waals surface area contributed by atoms with E-state index in [1.807, 2.05) is 0 Å². The Bertz CT molecular complexity index is 296. The molecule has 18 heavy (non-hydrogen) atoms. The molecule has 1 rings (SSSR count). The fourth-order valence-corrected chi connectivity index (χ4v) is 2.05. The van der Waals surface area contributed by atoms with Crippen molar-refractivity contribution in [3.05, 3.63) is 0 Å². The largest absolute Gasteiger partial charge is 0.276 e. The highest BCUT2D eigenvalue weighted by molar-refractivity contribution is 4.86. The topological polar surface area (TPSA) is 57.3 Å². The molecule has 1 saturated heterocycles. The van der Waals surface area contributed by atoms with Crippen LogP contribution in [0.4, 0.5) is 0 Å². The summed E-state index contributed by atoms with van der Waals surface area (Å²) >= 11 is 0. The van der Waals surface area contributed by atoms with Gasteiger partial charge in [-0.15, -0.1) is 12.3 Å². The summed E-state index contributed by atoms with van der Waals surface area (Å²) in [5.74, 6) is 2.65. The molecule has 0 N–H and O–H groups in total. The highest BCUT2D eigenvalue weighted by Crippen LogP contribution is 2.08. The lowest BCUT2D eigenvalue weighted by Crippen LogP contribution is -2.55. The predicted octanol–water partition coefficient (Wildman–Crippen LogP) is 0.629. The van der Waals surface area contributed by atoms with E-state index < -0.39 is 0 Å². The van der Waals surface area contributed by atoms with Crippen LogP contribution in [-0.2, 0) is 0 Å². The molecule has 5 nitrogen and oxygen atoms in total. The number of terminal acetylenes is 1. The van der Waals surface area contributed by atoms with Crippen molar-refractivity contribution in [1.82, 2.24) is 14.7 Å². The van der Waals surface area contributed by atoms with Gasteiger partial charge in [-0.25, -0.2) is 0 Å². The van der Waals surface area contributed by atoms with Crippen molar-refractivity contribution >= 4 is 0 Å². The summed E-state index contributed by atoms with van der Waals surface area (Å²) in [6, 6.07) is 4.34. The van der Waals surface area contributed by atoms with Crippen molar-refractivity contribution in [1.29, 1.82) is 10.5 Å². The minimum atomic E-state index is 0.537. The lowest BCUT2D eigenvalue weighted by atomic mass is 10.3. The molecule has 0 saturated carbocycles. The Balaban J connectivity index is 2.47. The maximum absolute atomic E-state index is 8.64. The molecule has 5 heteroatoms. The van der Waals surface area contributed by atoms with E-state index in [1.54, 1.807) is 0 Å². The van der Waals surface area contributed by atoms with Crippen LogP contribution in [0.2, 0.25) is 0 Å². The number of hydrogen-bond acceptors (Lipinski definition) is 5. The number of rotatable bonds is 6. The standard InChI is InChI=1S/C13H19N5/c1-2-3-8-16-11-17(9-4-6-14)13-18(12-16)10-5-7-15/h1H,3-5,8-13H2. The monoisotopic (exact) mass is 245 g/mol. The van der Waals surface area contributed by atoms with Crippen LogP contribution >= 0.6 is 0 Å². The van der Waals surface area contributed by atoms with E-state index in [9.17, 15) is 0 Å². The normalized spacial score (nSPS) is 17.8. The Morgan fingerprint density at radius 2 is 1.17 bits per heavy atom. The summed E-state index contributed by atoms with van der Waals surface area (Å²) in [5, 5.41) is 17.3. The summed E-state index contributed by atoms with van der Waals surface area (Å²) in [7, 11) is 0. The Morgan fingerprint density at radius 1 is 0.778 bits per heavy atom. The van der Waals surface area contributed by atoms with E-state index >= 15 is 0 Å². The van der Waals surface area contributed by atoms with Gasteiger partial charge in [0.2, 0.25) is 0 Å². The van der Waals surface area contributed by atoms with Crippen LogP contribution in [0, 0.1) is 35.0 Å². The zero-order chi connectivity index (χ0) is 13.2. The van der Waals surface area contributed by atoms with E-state index in [0.717, 1.165) is 46.1 Å². The molecule has 96 valence electrons. The van der Waals surface area contributed by atoms with Gasteiger partial charge in [-0.3, -0.25) is 14.7 Å². The maximum Gasteiger partial charge on any atom is 0.0635 e. The van der Waals surface area contributed by atoms with E-state index in [1.165, 1.54) is 0 Å². The van der Waals surface area contributed by atoms with Crippen molar-refractivity contribution in [3.8, 4) is 24.5 Å². The minimum absolute atomic E-state index is 0.537. The number of nitrogens with zero attached hydrogens (tertiary/aromatic N) is 5. The van der Waals surface area contributed by atoms with Crippen LogP contribution in [0.3, 0.4) is 0 Å². The SMILES string of the molecule is C#CCCN1CN(CCC#N)CN(CCC#N)C1. The van der Waals surface area contributed by atoms with Crippen molar-refractivity contribution < 1.29 is 0 Å². The molecular formula is C13H19N5. The van der Waals surface area contributed by atoms with E-state index in [-0.39, 0.29) is 0 Å². The Labute approximate surface area is 109 Å². The molecule has 0 atom stereocenters. The van der Waals surface area contributed by atoms with Crippen molar-refractivity contribution in [2.24, 2.45) is 0 Å². The molecule has 0 aromatic heterocycles. The zero-order valence-corrected chi connectivity index (χ0v) is 10.7. The molecule has 0 amide bonds. The Hall–Kier alpha value is -1.58. The second-order valence-electron chi connectivity index (χ2n) is 4.38. The van der Waals surface area contributed by atoms with Gasteiger partial charge in [-0.2, -0.15) is 10.5 Å². The molecule has 0 bridgehead atoms. The Morgan fingerprint density at radius 3 is 1.50 bits per heavy atom. The van der Waals surface area contributed by atoms with Crippen LogP contribution < -0.4 is 0 Å². The molecule has 1 fully saturated rings. The summed E-state index contributed by atoms with van der Waals surface area (Å²) in [5.41, 5.74) is 0. The van der Waals surface area contributed by atoms with Gasteiger partial charge in [-0.05, 0) is 0 Å². The van der Waals surface area contributed by atoms with Gasteiger partial charge >= 0.3 is 0 Å². The molecule has 0 radical (unpaired) electrons. The number of hydrogen-bond donors (Lipinski definition) is 0. The van der Waals surface area contributed by atoms with Gasteiger partial charge in [-0.1, -0.05) is 0 Å². The first-order valence-electron chi connectivity index (χ1n) is 6.14. The molecular weight excluding hydrogens is 226 g/mol. The number of nitriles is 2. The highest BCUT2D eigenvalue weighted by Gasteiger charge is 2.22. The van der Waals surface area contributed by atoms with Gasteiger partial charge in [0, 0.05) is 38.9 Å². The summed E-state index contributed by atoms with van der Waals surface area (Å²) in [6.07, 6.45) is 7.09. The summed E-state index contributed by atoms with van der Waals surface area (Å²) in [4.78, 5) is 6.71. The van der Waals surface area contributed by atoms with E-state index in [2.05, 4.69) is 32.8 Å². The van der Waals surface area contributed by atoms with Gasteiger partial charge in [0.15, 0.2) is 0 Å². The average molecular weight is 245 g/mol. The summed E-state index contributed by atoms with van der Waals surface area (Å²) in [6.45, 7) is 4.94. The third-order valence-electron chi connectivity index (χ3n) is 2.85. The smallest absolute Gasteiger partial charge is 0.0635 e. The average Bonchev–Trinajstić information content (AvgIpc) is 2.40. The second kappa shape index (κ2) is 8.50. The molecule has 1 heterocycles. The lowest BCUT2D eigenvalue weighted by molar-refractivity contribution is -0.0260. The summed E-state index contributed by atoms with van der Waals surface area (Å²) < 4.78 is 0. The molecule has 0 aliphatic carbocycles. The first kappa shape index (κ1) is 14.5. The van der Waals surface area contributed by atoms with Crippen molar-refractivity contribution in [2.75, 3.05) is 39.6 Å². The van der Waals surface area contributed by atoms with Crippen molar-refractivity contribution in [3.63, 3.8) is 0 Å². The minimum Gasteiger partial charge on any atom is -0.276 e. The third-order valence-corrected chi connectivity index (χ3v) is 2.85. The molecule has 0 spiro atoms. The first-order chi connectivity index (χ1) is 8.80. The second-order valence-corrected chi connectivity index (χ2v) is 4.38.